The second-order valence-electron chi connectivity index (χ2n) is 4.64. The number of carbonyl (C=O) groups excluding carboxylic acids is 1. The fourth-order valence-corrected chi connectivity index (χ4v) is 1.53. The molecule has 0 aliphatic rings. The van der Waals surface area contributed by atoms with E-state index in [1.807, 2.05) is 30.3 Å². The van der Waals surface area contributed by atoms with Crippen molar-refractivity contribution in [2.45, 2.75) is 19.3 Å². The molecule has 0 aliphatic carbocycles. The summed E-state index contributed by atoms with van der Waals surface area (Å²) in [6.07, 6.45) is 3.27. The number of rotatable bonds is 3. The first-order chi connectivity index (χ1) is 8.51. The molecule has 0 saturated heterocycles. The lowest BCUT2D eigenvalue weighted by molar-refractivity contribution is -0.122. The number of amides is 1. The van der Waals surface area contributed by atoms with Gasteiger partial charge in [0.1, 0.15) is 0 Å². The maximum atomic E-state index is 11.3. The van der Waals surface area contributed by atoms with E-state index in [9.17, 15) is 4.79 Å². The first kappa shape index (κ1) is 12.2. The molecule has 0 fully saturated rings. The Balaban J connectivity index is 2.35. The van der Waals surface area contributed by atoms with Gasteiger partial charge in [-0.2, -0.15) is 0 Å². The zero-order valence-electron chi connectivity index (χ0n) is 10.4. The molecule has 4 heteroatoms. The lowest BCUT2D eigenvalue weighted by Gasteiger charge is -2.19. The van der Waals surface area contributed by atoms with E-state index < -0.39 is 11.3 Å². The Labute approximate surface area is 106 Å². The van der Waals surface area contributed by atoms with Crippen LogP contribution in [0.25, 0.3) is 11.3 Å². The van der Waals surface area contributed by atoms with E-state index in [0.29, 0.717) is 5.69 Å². The van der Waals surface area contributed by atoms with Gasteiger partial charge < -0.3 is 5.73 Å². The molecule has 1 amide bonds. The van der Waals surface area contributed by atoms with Gasteiger partial charge >= 0.3 is 0 Å². The van der Waals surface area contributed by atoms with Crippen LogP contribution < -0.4 is 5.73 Å². The summed E-state index contributed by atoms with van der Waals surface area (Å²) < 4.78 is 0. The van der Waals surface area contributed by atoms with Crippen molar-refractivity contribution in [3.63, 3.8) is 0 Å². The molecule has 2 rings (SSSR count). The summed E-state index contributed by atoms with van der Waals surface area (Å²) in [6, 6.07) is 9.75. The van der Waals surface area contributed by atoms with Crippen molar-refractivity contribution in [2.24, 2.45) is 5.73 Å². The van der Waals surface area contributed by atoms with Crippen LogP contribution in [0.3, 0.4) is 0 Å². The number of primary amides is 1. The van der Waals surface area contributed by atoms with Crippen molar-refractivity contribution in [2.75, 3.05) is 0 Å². The van der Waals surface area contributed by atoms with Gasteiger partial charge in [0, 0.05) is 5.56 Å². The number of benzene rings is 1. The van der Waals surface area contributed by atoms with Gasteiger partial charge in [-0.15, -0.1) is 0 Å². The van der Waals surface area contributed by atoms with Crippen LogP contribution in [0.4, 0.5) is 0 Å². The zero-order valence-corrected chi connectivity index (χ0v) is 10.4. The van der Waals surface area contributed by atoms with Crippen LogP contribution in [0.15, 0.2) is 42.7 Å². The Bertz CT molecular complexity index is 547. The first-order valence-electron chi connectivity index (χ1n) is 5.69. The molecular weight excluding hydrogens is 226 g/mol. The molecule has 0 saturated carbocycles. The molecule has 92 valence electrons. The molecule has 18 heavy (non-hydrogen) atoms. The van der Waals surface area contributed by atoms with Crippen molar-refractivity contribution >= 4 is 5.91 Å². The van der Waals surface area contributed by atoms with Gasteiger partial charge in [0.15, 0.2) is 0 Å². The van der Waals surface area contributed by atoms with Gasteiger partial charge in [0.25, 0.3) is 0 Å². The SMILES string of the molecule is CC(C)(C(N)=O)c1cnc(-c2ccccc2)cn1. The highest BCUT2D eigenvalue weighted by Crippen LogP contribution is 2.22. The molecule has 2 aromatic rings. The van der Waals surface area contributed by atoms with Crippen molar-refractivity contribution in [3.8, 4) is 11.3 Å². The Kier molecular flexibility index (Phi) is 3.10. The van der Waals surface area contributed by atoms with E-state index in [1.165, 1.54) is 0 Å². The summed E-state index contributed by atoms with van der Waals surface area (Å²) in [7, 11) is 0. The third-order valence-corrected chi connectivity index (χ3v) is 2.98. The maximum absolute atomic E-state index is 11.3. The van der Waals surface area contributed by atoms with E-state index in [2.05, 4.69) is 9.97 Å². The summed E-state index contributed by atoms with van der Waals surface area (Å²) in [5.41, 5.74) is 6.89. The van der Waals surface area contributed by atoms with E-state index in [4.69, 9.17) is 5.73 Å². The van der Waals surface area contributed by atoms with Crippen molar-refractivity contribution in [1.29, 1.82) is 0 Å². The van der Waals surface area contributed by atoms with Crippen LogP contribution >= 0.6 is 0 Å². The molecule has 0 aliphatic heterocycles. The molecule has 0 radical (unpaired) electrons. The van der Waals surface area contributed by atoms with E-state index in [1.54, 1.807) is 26.2 Å². The van der Waals surface area contributed by atoms with Gasteiger partial charge in [-0.1, -0.05) is 30.3 Å². The summed E-state index contributed by atoms with van der Waals surface area (Å²) in [4.78, 5) is 19.9. The maximum Gasteiger partial charge on any atom is 0.229 e. The normalized spacial score (nSPS) is 11.2. The molecule has 1 heterocycles. The first-order valence-corrected chi connectivity index (χ1v) is 5.69. The van der Waals surface area contributed by atoms with Crippen LogP contribution in [0.5, 0.6) is 0 Å². The van der Waals surface area contributed by atoms with Gasteiger partial charge in [0.05, 0.1) is 29.2 Å². The number of aromatic nitrogens is 2. The second-order valence-corrected chi connectivity index (χ2v) is 4.64. The van der Waals surface area contributed by atoms with Crippen LogP contribution in [-0.4, -0.2) is 15.9 Å². The Morgan fingerprint density at radius 2 is 1.78 bits per heavy atom. The Hall–Kier alpha value is -2.23. The van der Waals surface area contributed by atoms with Gasteiger partial charge in [-0.05, 0) is 13.8 Å². The molecule has 2 N–H and O–H groups in total. The highest BCUT2D eigenvalue weighted by molar-refractivity contribution is 5.85. The summed E-state index contributed by atoms with van der Waals surface area (Å²) in [5, 5.41) is 0. The predicted octanol–water partition coefficient (Wildman–Crippen LogP) is 1.91. The number of hydrogen-bond donors (Lipinski definition) is 1. The van der Waals surface area contributed by atoms with Crippen molar-refractivity contribution in [3.05, 3.63) is 48.4 Å². The summed E-state index contributed by atoms with van der Waals surface area (Å²) >= 11 is 0. The quantitative estimate of drug-likeness (QED) is 0.892. The largest absolute Gasteiger partial charge is 0.369 e. The highest BCUT2D eigenvalue weighted by Gasteiger charge is 2.29. The zero-order chi connectivity index (χ0) is 13.2. The molecule has 0 spiro atoms. The lowest BCUT2D eigenvalue weighted by atomic mass is 9.89. The Morgan fingerprint density at radius 3 is 2.28 bits per heavy atom. The van der Waals surface area contributed by atoms with E-state index in [0.717, 1.165) is 11.3 Å². The minimum absolute atomic E-state index is 0.413. The van der Waals surface area contributed by atoms with Gasteiger partial charge in [0.2, 0.25) is 5.91 Å². The third kappa shape index (κ3) is 2.22. The average molecular weight is 241 g/mol. The smallest absolute Gasteiger partial charge is 0.229 e. The average Bonchev–Trinajstić information content (AvgIpc) is 2.40. The van der Waals surface area contributed by atoms with Crippen molar-refractivity contribution in [1.82, 2.24) is 9.97 Å². The molecule has 0 unspecified atom stereocenters. The van der Waals surface area contributed by atoms with Crippen LogP contribution in [-0.2, 0) is 10.2 Å². The van der Waals surface area contributed by atoms with Gasteiger partial charge in [-0.25, -0.2) is 0 Å². The fraction of sp³-hybridized carbons (Fsp3) is 0.214. The summed E-state index contributed by atoms with van der Waals surface area (Å²) in [6.45, 7) is 3.48. The Morgan fingerprint density at radius 1 is 1.11 bits per heavy atom. The molecular formula is C14H15N3O. The molecule has 4 nitrogen and oxygen atoms in total. The van der Waals surface area contributed by atoms with Gasteiger partial charge in [-0.3, -0.25) is 14.8 Å². The van der Waals surface area contributed by atoms with E-state index in [-0.39, 0.29) is 0 Å². The fourth-order valence-electron chi connectivity index (χ4n) is 1.53. The predicted molar refractivity (Wildman–Crippen MR) is 69.7 cm³/mol. The monoisotopic (exact) mass is 241 g/mol. The number of nitrogens with zero attached hydrogens (tertiary/aromatic N) is 2. The minimum Gasteiger partial charge on any atom is -0.369 e. The number of nitrogens with two attached hydrogens (primary N) is 1. The third-order valence-electron chi connectivity index (χ3n) is 2.98. The van der Waals surface area contributed by atoms with Crippen LogP contribution in [0, 0.1) is 0 Å². The molecule has 0 bridgehead atoms. The number of carbonyl (C=O) groups is 1. The molecule has 0 atom stereocenters. The highest BCUT2D eigenvalue weighted by atomic mass is 16.1. The van der Waals surface area contributed by atoms with E-state index >= 15 is 0 Å². The second kappa shape index (κ2) is 4.56. The molecule has 1 aromatic carbocycles. The van der Waals surface area contributed by atoms with Crippen LogP contribution in [0.2, 0.25) is 0 Å². The topological polar surface area (TPSA) is 68.9 Å². The standard InChI is InChI=1S/C14H15N3O/c1-14(2,13(15)18)12-9-16-11(8-17-12)10-6-4-3-5-7-10/h3-9H,1-2H3,(H2,15,18). The van der Waals surface area contributed by atoms with Crippen molar-refractivity contribution < 1.29 is 4.79 Å². The number of hydrogen-bond acceptors (Lipinski definition) is 3. The summed E-state index contributed by atoms with van der Waals surface area (Å²) in [5.74, 6) is -0.413. The minimum atomic E-state index is -0.803. The lowest BCUT2D eigenvalue weighted by Crippen LogP contribution is -2.36. The van der Waals surface area contributed by atoms with Crippen LogP contribution in [0.1, 0.15) is 19.5 Å². The molecule has 1 aromatic heterocycles.